The molecule has 9 heteroatoms. The van der Waals surface area contributed by atoms with Gasteiger partial charge in [0.2, 0.25) is 0 Å². The molecule has 1 aromatic rings. The molecule has 0 radical (unpaired) electrons. The van der Waals surface area contributed by atoms with E-state index in [1.165, 1.54) is 0 Å². The lowest BCUT2D eigenvalue weighted by molar-refractivity contribution is -0.141. The highest BCUT2D eigenvalue weighted by Crippen LogP contribution is 2.16. The van der Waals surface area contributed by atoms with Crippen LogP contribution < -0.4 is 4.90 Å². The maximum absolute atomic E-state index is 11.5. The Morgan fingerprint density at radius 3 is 1.71 bits per heavy atom. The van der Waals surface area contributed by atoms with Crippen molar-refractivity contribution in [2.45, 2.75) is 14.4 Å². The van der Waals surface area contributed by atoms with Gasteiger partial charge < -0.3 is 14.4 Å². The molecule has 0 fully saturated rings. The zero-order chi connectivity index (χ0) is 18.1. The monoisotopic (exact) mass is 591 g/mol. The summed E-state index contributed by atoms with van der Waals surface area (Å²) in [5, 5.41) is 0. The van der Waals surface area contributed by atoms with E-state index in [1.54, 1.807) is 0 Å². The number of hydrogen-bond acceptors (Lipinski definition) is 5. The number of halogens is 4. The molecule has 0 heterocycles. The largest absolute Gasteiger partial charge is 0.462 e. The van der Waals surface area contributed by atoms with Gasteiger partial charge in [0, 0.05) is 5.69 Å². The van der Waals surface area contributed by atoms with Gasteiger partial charge in [0.15, 0.2) is 7.47 Å². The van der Waals surface area contributed by atoms with Crippen molar-refractivity contribution in [2.75, 3.05) is 31.2 Å². The topological polar surface area (TPSA) is 55.8 Å². The number of carbonyl (C=O) groups is 2. The van der Waals surface area contributed by atoms with E-state index in [4.69, 9.17) is 9.47 Å². The second-order valence-electron chi connectivity index (χ2n) is 4.76. The van der Waals surface area contributed by atoms with Crippen LogP contribution in [-0.2, 0) is 19.1 Å². The first-order chi connectivity index (χ1) is 11.3. The molecule has 0 aliphatic rings. The molecule has 0 atom stereocenters. The first-order valence-corrected chi connectivity index (χ1v) is 10.7. The summed E-state index contributed by atoms with van der Waals surface area (Å²) in [5.41, 5.74) is 2.12. The SMILES string of the molecule is Cc1ccc(N(CCOC(=O)C(Br)Br)CCOC(=O)C(Br)Br)cc1. The summed E-state index contributed by atoms with van der Waals surface area (Å²) in [5.74, 6) is -0.765. The number of esters is 2. The summed E-state index contributed by atoms with van der Waals surface area (Å²) in [6.45, 7) is 3.45. The molecule has 0 spiro atoms. The Kier molecular flexibility index (Phi) is 10.5. The van der Waals surface area contributed by atoms with Crippen LogP contribution in [0.1, 0.15) is 5.56 Å². The number of ether oxygens (including phenoxy) is 2. The molecule has 0 N–H and O–H groups in total. The van der Waals surface area contributed by atoms with Gasteiger partial charge in [-0.2, -0.15) is 0 Å². The molecule has 24 heavy (non-hydrogen) atoms. The number of aryl methyl sites for hydroxylation is 1. The number of anilines is 1. The van der Waals surface area contributed by atoms with Crippen molar-refractivity contribution in [3.63, 3.8) is 0 Å². The average molecular weight is 595 g/mol. The summed E-state index contributed by atoms with van der Waals surface area (Å²) in [7, 11) is 0. The minimum atomic E-state index is -0.520. The van der Waals surface area contributed by atoms with E-state index in [9.17, 15) is 9.59 Å². The van der Waals surface area contributed by atoms with Crippen molar-refractivity contribution < 1.29 is 19.1 Å². The zero-order valence-electron chi connectivity index (χ0n) is 12.9. The van der Waals surface area contributed by atoms with Gasteiger partial charge in [-0.3, -0.25) is 0 Å². The summed E-state index contributed by atoms with van der Waals surface area (Å²) in [4.78, 5) is 24.9. The number of nitrogens with zero attached hydrogens (tertiary/aromatic N) is 1. The van der Waals surface area contributed by atoms with E-state index in [2.05, 4.69) is 63.7 Å². The Bertz CT molecular complexity index is 511. The molecule has 1 aromatic carbocycles. The Morgan fingerprint density at radius 2 is 1.33 bits per heavy atom. The molecule has 0 aliphatic carbocycles. The highest BCUT2D eigenvalue weighted by Gasteiger charge is 2.15. The summed E-state index contributed by atoms with van der Waals surface area (Å²) in [6.07, 6.45) is 0. The van der Waals surface area contributed by atoms with Gasteiger partial charge in [0.1, 0.15) is 13.2 Å². The minimum absolute atomic E-state index is 0.230. The maximum Gasteiger partial charge on any atom is 0.330 e. The van der Waals surface area contributed by atoms with Gasteiger partial charge in [-0.25, -0.2) is 9.59 Å². The molecule has 134 valence electrons. The molecule has 0 aromatic heterocycles. The van der Waals surface area contributed by atoms with Crippen molar-refractivity contribution >= 4 is 81.3 Å². The lowest BCUT2D eigenvalue weighted by Crippen LogP contribution is -2.33. The maximum atomic E-state index is 11.5. The van der Waals surface area contributed by atoms with Gasteiger partial charge in [-0.05, 0) is 19.1 Å². The van der Waals surface area contributed by atoms with Crippen LogP contribution in [0.4, 0.5) is 5.69 Å². The van der Waals surface area contributed by atoms with Crippen LogP contribution in [-0.4, -0.2) is 45.7 Å². The first-order valence-electron chi connectivity index (χ1n) is 7.02. The first kappa shape index (κ1) is 21.9. The predicted octanol–water partition coefficient (Wildman–Crippen LogP) is 4.12. The fourth-order valence-corrected chi connectivity index (χ4v) is 2.29. The van der Waals surface area contributed by atoms with Crippen molar-refractivity contribution in [2.24, 2.45) is 0 Å². The number of rotatable bonds is 9. The van der Waals surface area contributed by atoms with E-state index >= 15 is 0 Å². The van der Waals surface area contributed by atoms with Gasteiger partial charge >= 0.3 is 11.9 Å². The van der Waals surface area contributed by atoms with Crippen LogP contribution in [0.15, 0.2) is 24.3 Å². The van der Waals surface area contributed by atoms with Gasteiger partial charge in [0.05, 0.1) is 13.1 Å². The summed E-state index contributed by atoms with van der Waals surface area (Å²) < 4.78 is 9.26. The minimum Gasteiger partial charge on any atom is -0.462 e. The van der Waals surface area contributed by atoms with Gasteiger partial charge in [-0.15, -0.1) is 0 Å². The van der Waals surface area contributed by atoms with Crippen LogP contribution in [0.3, 0.4) is 0 Å². The Hall–Kier alpha value is -0.120. The molecular formula is C15H17Br4NO4. The molecule has 0 amide bonds. The van der Waals surface area contributed by atoms with Crippen LogP contribution in [0, 0.1) is 6.92 Å². The molecule has 0 saturated carbocycles. The van der Waals surface area contributed by atoms with Crippen LogP contribution in [0.2, 0.25) is 0 Å². The van der Waals surface area contributed by atoms with Crippen LogP contribution >= 0.6 is 63.7 Å². The molecular weight excluding hydrogens is 578 g/mol. The third kappa shape index (κ3) is 8.31. The Balaban J connectivity index is 2.60. The molecule has 0 saturated heterocycles. The third-order valence-corrected chi connectivity index (χ3v) is 4.46. The smallest absolute Gasteiger partial charge is 0.330 e. The number of hydrogen-bond donors (Lipinski definition) is 0. The lowest BCUT2D eigenvalue weighted by Gasteiger charge is -2.25. The Labute approximate surface area is 174 Å². The zero-order valence-corrected chi connectivity index (χ0v) is 19.2. The van der Waals surface area contributed by atoms with E-state index in [0.717, 1.165) is 11.3 Å². The molecule has 1 rings (SSSR count). The third-order valence-electron chi connectivity index (χ3n) is 2.97. The number of benzene rings is 1. The van der Waals surface area contributed by atoms with Crippen LogP contribution in [0.5, 0.6) is 0 Å². The molecule has 5 nitrogen and oxygen atoms in total. The second kappa shape index (κ2) is 11.5. The summed E-state index contributed by atoms with van der Waals surface area (Å²) >= 11 is 12.4. The van der Waals surface area contributed by atoms with Crippen molar-refractivity contribution in [1.29, 1.82) is 0 Å². The number of alkyl halides is 4. The molecule has 0 aliphatic heterocycles. The van der Waals surface area contributed by atoms with Crippen molar-refractivity contribution in [1.82, 2.24) is 0 Å². The van der Waals surface area contributed by atoms with E-state index in [-0.39, 0.29) is 25.2 Å². The quantitative estimate of drug-likeness (QED) is 0.318. The normalized spacial score (nSPS) is 10.8. The van der Waals surface area contributed by atoms with Gasteiger partial charge in [-0.1, -0.05) is 81.4 Å². The van der Waals surface area contributed by atoms with Crippen molar-refractivity contribution in [3.8, 4) is 0 Å². The Morgan fingerprint density at radius 1 is 0.917 bits per heavy atom. The van der Waals surface area contributed by atoms with Gasteiger partial charge in [0.25, 0.3) is 0 Å². The number of carbonyl (C=O) groups excluding carboxylic acids is 2. The highest BCUT2D eigenvalue weighted by atomic mass is 79.9. The second-order valence-corrected chi connectivity index (χ2v) is 10.9. The summed E-state index contributed by atoms with van der Waals surface area (Å²) in [6, 6.07) is 7.96. The molecule has 0 bridgehead atoms. The van der Waals surface area contributed by atoms with E-state index in [1.807, 2.05) is 36.1 Å². The fraction of sp³-hybridized carbons (Fsp3) is 0.467. The van der Waals surface area contributed by atoms with E-state index in [0.29, 0.717) is 13.1 Å². The fourth-order valence-electron chi connectivity index (χ4n) is 1.76. The average Bonchev–Trinajstić information content (AvgIpc) is 2.53. The predicted molar refractivity (Wildman–Crippen MR) is 109 cm³/mol. The van der Waals surface area contributed by atoms with E-state index < -0.39 is 7.47 Å². The van der Waals surface area contributed by atoms with Crippen molar-refractivity contribution in [3.05, 3.63) is 29.8 Å². The van der Waals surface area contributed by atoms with Crippen LogP contribution in [0.25, 0.3) is 0 Å². The standard InChI is InChI=1S/C15H17Br4NO4/c1-10-2-4-11(5-3-10)20(6-8-23-14(21)12(16)17)7-9-24-15(22)13(18)19/h2-5,12-13H,6-9H2,1H3. The highest BCUT2D eigenvalue weighted by molar-refractivity contribution is 9.25. The molecule has 0 unspecified atom stereocenters. The lowest BCUT2D eigenvalue weighted by atomic mass is 10.2.